The predicted molar refractivity (Wildman–Crippen MR) is 93.4 cm³/mol. The van der Waals surface area contributed by atoms with Crippen LogP contribution in [0, 0.1) is 0 Å². The largest absolute Gasteiger partial charge is 0.497 e. The Labute approximate surface area is 146 Å². The van der Waals surface area contributed by atoms with Gasteiger partial charge in [-0.3, -0.25) is 4.90 Å². The lowest BCUT2D eigenvalue weighted by Crippen LogP contribution is -2.65. The summed E-state index contributed by atoms with van der Waals surface area (Å²) in [6.07, 6.45) is 0.644. The van der Waals surface area contributed by atoms with Crippen LogP contribution in [0.1, 0.15) is 24.9 Å². The smallest absolute Gasteiger partial charge is 0.325 e. The van der Waals surface area contributed by atoms with E-state index in [1.807, 2.05) is 49.4 Å². The third kappa shape index (κ3) is 2.45. The first-order chi connectivity index (χ1) is 12.0. The van der Waals surface area contributed by atoms with Gasteiger partial charge in [0.05, 0.1) is 20.3 Å². The molecular formula is C19H20N2O4. The number of benzene rings is 2. The zero-order valence-electron chi connectivity index (χ0n) is 14.4. The van der Waals surface area contributed by atoms with Gasteiger partial charge in [0, 0.05) is 17.7 Å². The first-order valence-corrected chi connectivity index (χ1v) is 8.16. The minimum absolute atomic E-state index is 0.106. The molecule has 130 valence electrons. The molecule has 0 radical (unpaired) electrons. The van der Waals surface area contributed by atoms with Gasteiger partial charge in [-0.15, -0.1) is 0 Å². The number of carbonyl (C=O) groups is 1. The monoisotopic (exact) mass is 340 g/mol. The molecule has 0 aromatic heterocycles. The highest BCUT2D eigenvalue weighted by Crippen LogP contribution is 2.46. The SMILES string of the molecule is COc1ccc(N2C(=O)N[C@H]3C[C@@]2(C)Oc2ccc(OC)cc23)cc1. The standard InChI is InChI=1S/C19H20N2O4/c1-19-11-16(15-10-14(24-3)8-9-17(15)25-19)20-18(22)21(19)12-4-6-13(23-2)7-5-12/h4-10,16H,11H2,1-3H3,(H,20,22)/t16-,19+/m0/s1. The van der Waals surface area contributed by atoms with Gasteiger partial charge in [0.1, 0.15) is 17.2 Å². The van der Waals surface area contributed by atoms with Crippen molar-refractivity contribution in [3.8, 4) is 17.2 Å². The number of urea groups is 1. The van der Waals surface area contributed by atoms with Gasteiger partial charge in [-0.25, -0.2) is 4.79 Å². The lowest BCUT2D eigenvalue weighted by Gasteiger charge is -2.50. The average Bonchev–Trinajstić information content (AvgIpc) is 2.61. The van der Waals surface area contributed by atoms with Crippen LogP contribution in [0.15, 0.2) is 42.5 Å². The molecule has 4 rings (SSSR count). The fraction of sp³-hybridized carbons (Fsp3) is 0.316. The van der Waals surface area contributed by atoms with Crippen molar-refractivity contribution in [3.05, 3.63) is 48.0 Å². The summed E-state index contributed by atoms with van der Waals surface area (Å²) in [5, 5.41) is 3.08. The van der Waals surface area contributed by atoms with Crippen molar-refractivity contribution in [2.24, 2.45) is 0 Å². The molecule has 2 heterocycles. The highest BCUT2D eigenvalue weighted by Gasteiger charge is 2.49. The summed E-state index contributed by atoms with van der Waals surface area (Å²) in [5.41, 5.74) is 0.944. The Morgan fingerprint density at radius 1 is 1.12 bits per heavy atom. The van der Waals surface area contributed by atoms with E-state index in [2.05, 4.69) is 5.32 Å². The van der Waals surface area contributed by atoms with Gasteiger partial charge >= 0.3 is 6.03 Å². The van der Waals surface area contributed by atoms with Crippen LogP contribution in [0.5, 0.6) is 17.2 Å². The van der Waals surface area contributed by atoms with E-state index in [0.29, 0.717) is 6.42 Å². The summed E-state index contributed by atoms with van der Waals surface area (Å²) < 4.78 is 16.7. The third-order valence-corrected chi connectivity index (χ3v) is 4.81. The number of fused-ring (bicyclic) bond motifs is 4. The molecule has 1 N–H and O–H groups in total. The van der Waals surface area contributed by atoms with Crippen molar-refractivity contribution in [1.29, 1.82) is 0 Å². The van der Waals surface area contributed by atoms with E-state index >= 15 is 0 Å². The molecule has 2 amide bonds. The summed E-state index contributed by atoms with van der Waals surface area (Å²) in [4.78, 5) is 14.5. The molecule has 1 fully saturated rings. The molecule has 2 aliphatic heterocycles. The second-order valence-electron chi connectivity index (χ2n) is 6.42. The van der Waals surface area contributed by atoms with Gasteiger partial charge in [-0.05, 0) is 49.4 Å². The summed E-state index contributed by atoms with van der Waals surface area (Å²) in [6.45, 7) is 1.94. The van der Waals surface area contributed by atoms with E-state index in [9.17, 15) is 4.79 Å². The second-order valence-corrected chi connectivity index (χ2v) is 6.42. The fourth-order valence-corrected chi connectivity index (χ4v) is 3.60. The van der Waals surface area contributed by atoms with Gasteiger partial charge in [0.15, 0.2) is 5.72 Å². The number of hydrogen-bond acceptors (Lipinski definition) is 4. The maximum absolute atomic E-state index is 12.8. The van der Waals surface area contributed by atoms with Crippen molar-refractivity contribution in [1.82, 2.24) is 5.32 Å². The van der Waals surface area contributed by atoms with Crippen LogP contribution in [-0.2, 0) is 0 Å². The van der Waals surface area contributed by atoms with Crippen LogP contribution in [0.2, 0.25) is 0 Å². The number of nitrogens with one attached hydrogen (secondary N) is 1. The normalized spacial score (nSPS) is 24.0. The molecule has 0 unspecified atom stereocenters. The Balaban J connectivity index is 1.74. The van der Waals surface area contributed by atoms with E-state index in [-0.39, 0.29) is 12.1 Å². The number of nitrogens with zero attached hydrogens (tertiary/aromatic N) is 1. The number of methoxy groups -OCH3 is 2. The number of amides is 2. The third-order valence-electron chi connectivity index (χ3n) is 4.81. The molecule has 2 aromatic carbocycles. The quantitative estimate of drug-likeness (QED) is 0.929. The van der Waals surface area contributed by atoms with E-state index in [1.165, 1.54) is 0 Å². The molecule has 2 bridgehead atoms. The summed E-state index contributed by atoms with van der Waals surface area (Å²) in [5.74, 6) is 2.25. The van der Waals surface area contributed by atoms with Crippen LogP contribution >= 0.6 is 0 Å². The van der Waals surface area contributed by atoms with Gasteiger partial charge in [0.25, 0.3) is 0 Å². The Kier molecular flexibility index (Phi) is 3.49. The van der Waals surface area contributed by atoms with Crippen LogP contribution in [-0.4, -0.2) is 26.0 Å². The lowest BCUT2D eigenvalue weighted by atomic mass is 9.90. The van der Waals surface area contributed by atoms with E-state index in [0.717, 1.165) is 28.5 Å². The minimum Gasteiger partial charge on any atom is -0.497 e. The Morgan fingerprint density at radius 3 is 2.48 bits per heavy atom. The zero-order chi connectivity index (χ0) is 17.6. The first-order valence-electron chi connectivity index (χ1n) is 8.16. The number of carbonyl (C=O) groups excluding carboxylic acids is 1. The number of hydrogen-bond donors (Lipinski definition) is 1. The minimum atomic E-state index is -0.761. The molecule has 0 aliphatic carbocycles. The van der Waals surface area contributed by atoms with Gasteiger partial charge in [-0.2, -0.15) is 0 Å². The van der Waals surface area contributed by atoms with E-state index < -0.39 is 5.72 Å². The Bertz CT molecular complexity index is 821. The molecular weight excluding hydrogens is 320 g/mol. The van der Waals surface area contributed by atoms with Crippen molar-refractivity contribution in [3.63, 3.8) is 0 Å². The van der Waals surface area contributed by atoms with Crippen molar-refractivity contribution in [2.45, 2.75) is 25.1 Å². The Morgan fingerprint density at radius 2 is 1.80 bits per heavy atom. The average molecular weight is 340 g/mol. The predicted octanol–water partition coefficient (Wildman–Crippen LogP) is 3.47. The molecule has 6 heteroatoms. The van der Waals surface area contributed by atoms with Crippen LogP contribution in [0.25, 0.3) is 0 Å². The second kappa shape index (κ2) is 5.58. The molecule has 2 aliphatic rings. The Hall–Kier alpha value is -2.89. The summed E-state index contributed by atoms with van der Waals surface area (Å²) >= 11 is 0. The van der Waals surface area contributed by atoms with Gasteiger partial charge in [0.2, 0.25) is 0 Å². The van der Waals surface area contributed by atoms with Gasteiger partial charge in [-0.1, -0.05) is 0 Å². The highest BCUT2D eigenvalue weighted by atomic mass is 16.5. The number of ether oxygens (including phenoxy) is 3. The molecule has 1 saturated heterocycles. The van der Waals surface area contributed by atoms with E-state index in [4.69, 9.17) is 14.2 Å². The van der Waals surface area contributed by atoms with Crippen LogP contribution in [0.3, 0.4) is 0 Å². The lowest BCUT2D eigenvalue weighted by molar-refractivity contribution is 0.0377. The number of anilines is 1. The zero-order valence-corrected chi connectivity index (χ0v) is 14.4. The van der Waals surface area contributed by atoms with E-state index in [1.54, 1.807) is 19.1 Å². The molecule has 0 spiro atoms. The summed E-state index contributed by atoms with van der Waals surface area (Å²) in [7, 11) is 3.24. The van der Waals surface area contributed by atoms with Crippen molar-refractivity contribution >= 4 is 11.7 Å². The van der Waals surface area contributed by atoms with Crippen molar-refractivity contribution < 1.29 is 19.0 Å². The maximum Gasteiger partial charge on any atom is 0.325 e. The van der Waals surface area contributed by atoms with Crippen molar-refractivity contribution in [2.75, 3.05) is 19.1 Å². The maximum atomic E-state index is 12.8. The highest BCUT2D eigenvalue weighted by molar-refractivity contribution is 5.95. The van der Waals surface area contributed by atoms with Crippen LogP contribution in [0.4, 0.5) is 10.5 Å². The first kappa shape index (κ1) is 15.6. The fourth-order valence-electron chi connectivity index (χ4n) is 3.60. The molecule has 0 saturated carbocycles. The number of rotatable bonds is 3. The topological polar surface area (TPSA) is 60.0 Å². The summed E-state index contributed by atoms with van der Waals surface area (Å²) in [6, 6.07) is 12.8. The molecule has 2 atom stereocenters. The molecule has 25 heavy (non-hydrogen) atoms. The molecule has 2 aromatic rings. The molecule has 6 nitrogen and oxygen atoms in total. The van der Waals surface area contributed by atoms with Crippen LogP contribution < -0.4 is 24.4 Å². The van der Waals surface area contributed by atoms with Gasteiger partial charge < -0.3 is 19.5 Å².